The fourth-order valence-electron chi connectivity index (χ4n) is 3.96. The standard InChI is InChI=1S/C23H32N2O/c1-3-4-7-14-24-23(26)20-12-15-25(16-13-20)18(2)21-11-10-19-8-5-6-9-22(19)17-21/h5-6,8-11,17-18,20H,3-4,7,12-16H2,1-2H3,(H,24,26). The van der Waals surface area contributed by atoms with Crippen molar-refractivity contribution in [2.75, 3.05) is 19.6 Å². The molecular weight excluding hydrogens is 320 g/mol. The zero-order valence-electron chi connectivity index (χ0n) is 16.2. The minimum absolute atomic E-state index is 0.191. The number of piperidine rings is 1. The van der Waals surface area contributed by atoms with Gasteiger partial charge in [0.1, 0.15) is 0 Å². The molecule has 3 heteroatoms. The Morgan fingerprint density at radius 1 is 1.12 bits per heavy atom. The molecule has 1 aliphatic heterocycles. The fourth-order valence-corrected chi connectivity index (χ4v) is 3.96. The van der Waals surface area contributed by atoms with Crippen LogP contribution in [0.25, 0.3) is 10.8 Å². The van der Waals surface area contributed by atoms with Crippen molar-refractivity contribution in [2.45, 2.75) is 52.0 Å². The molecule has 1 amide bonds. The summed E-state index contributed by atoms with van der Waals surface area (Å²) in [7, 11) is 0. The molecule has 1 fully saturated rings. The van der Waals surface area contributed by atoms with E-state index in [-0.39, 0.29) is 11.8 Å². The summed E-state index contributed by atoms with van der Waals surface area (Å²) in [5.41, 5.74) is 1.37. The van der Waals surface area contributed by atoms with Crippen molar-refractivity contribution in [3.05, 3.63) is 48.0 Å². The van der Waals surface area contributed by atoms with Crippen LogP contribution in [-0.4, -0.2) is 30.4 Å². The van der Waals surface area contributed by atoms with Crippen molar-refractivity contribution in [2.24, 2.45) is 5.92 Å². The second-order valence-corrected chi connectivity index (χ2v) is 7.59. The number of amides is 1. The Hall–Kier alpha value is -1.87. The first-order valence-electron chi connectivity index (χ1n) is 10.2. The van der Waals surface area contributed by atoms with Gasteiger partial charge in [0.15, 0.2) is 0 Å². The molecule has 1 atom stereocenters. The van der Waals surface area contributed by atoms with Crippen LogP contribution in [-0.2, 0) is 4.79 Å². The van der Waals surface area contributed by atoms with Gasteiger partial charge in [0.25, 0.3) is 0 Å². The van der Waals surface area contributed by atoms with Crippen molar-refractivity contribution in [3.8, 4) is 0 Å². The van der Waals surface area contributed by atoms with E-state index in [1.807, 2.05) is 0 Å². The molecule has 2 aromatic rings. The third kappa shape index (κ3) is 4.64. The highest BCUT2D eigenvalue weighted by atomic mass is 16.1. The molecule has 2 aromatic carbocycles. The van der Waals surface area contributed by atoms with Crippen molar-refractivity contribution in [1.82, 2.24) is 10.2 Å². The Labute approximate surface area is 157 Å². The lowest BCUT2D eigenvalue weighted by Crippen LogP contribution is -2.41. The summed E-state index contributed by atoms with van der Waals surface area (Å²) < 4.78 is 0. The number of hydrogen-bond donors (Lipinski definition) is 1. The van der Waals surface area contributed by atoms with Gasteiger partial charge in [-0.1, -0.05) is 56.2 Å². The summed E-state index contributed by atoms with van der Waals surface area (Å²) in [4.78, 5) is 14.8. The van der Waals surface area contributed by atoms with Gasteiger partial charge in [0, 0.05) is 18.5 Å². The predicted octanol–water partition coefficient (Wildman–Crippen LogP) is 4.92. The second kappa shape index (κ2) is 9.18. The highest BCUT2D eigenvalue weighted by Crippen LogP contribution is 2.28. The van der Waals surface area contributed by atoms with E-state index in [4.69, 9.17) is 0 Å². The topological polar surface area (TPSA) is 32.3 Å². The average molecular weight is 353 g/mol. The number of likely N-dealkylation sites (tertiary alicyclic amines) is 1. The Morgan fingerprint density at radius 3 is 2.58 bits per heavy atom. The summed E-state index contributed by atoms with van der Waals surface area (Å²) in [5, 5.41) is 5.72. The van der Waals surface area contributed by atoms with Gasteiger partial charge < -0.3 is 5.32 Å². The average Bonchev–Trinajstić information content (AvgIpc) is 2.70. The Bertz CT molecular complexity index is 719. The van der Waals surface area contributed by atoms with Crippen LogP contribution >= 0.6 is 0 Å². The molecule has 140 valence electrons. The number of fused-ring (bicyclic) bond motifs is 1. The number of nitrogens with one attached hydrogen (secondary N) is 1. The molecule has 0 saturated carbocycles. The van der Waals surface area contributed by atoms with Crippen molar-refractivity contribution in [3.63, 3.8) is 0 Å². The third-order valence-electron chi connectivity index (χ3n) is 5.78. The van der Waals surface area contributed by atoms with Crippen molar-refractivity contribution in [1.29, 1.82) is 0 Å². The van der Waals surface area contributed by atoms with Crippen LogP contribution in [0.4, 0.5) is 0 Å². The molecule has 0 radical (unpaired) electrons. The summed E-state index contributed by atoms with van der Waals surface area (Å²) in [5.74, 6) is 0.454. The monoisotopic (exact) mass is 352 g/mol. The van der Waals surface area contributed by atoms with E-state index in [1.165, 1.54) is 29.2 Å². The molecule has 1 aliphatic rings. The minimum atomic E-state index is 0.191. The molecule has 1 unspecified atom stereocenters. The molecule has 0 bridgehead atoms. The molecule has 0 aromatic heterocycles. The van der Waals surface area contributed by atoms with E-state index in [0.29, 0.717) is 6.04 Å². The number of unbranched alkanes of at least 4 members (excludes halogenated alkanes) is 2. The maximum Gasteiger partial charge on any atom is 0.223 e. The third-order valence-corrected chi connectivity index (χ3v) is 5.78. The van der Waals surface area contributed by atoms with Gasteiger partial charge in [0.05, 0.1) is 0 Å². The maximum atomic E-state index is 12.3. The van der Waals surface area contributed by atoms with E-state index < -0.39 is 0 Å². The fraction of sp³-hybridized carbons (Fsp3) is 0.522. The zero-order valence-corrected chi connectivity index (χ0v) is 16.2. The molecule has 26 heavy (non-hydrogen) atoms. The van der Waals surface area contributed by atoms with E-state index in [1.54, 1.807) is 0 Å². The molecule has 3 nitrogen and oxygen atoms in total. The van der Waals surface area contributed by atoms with E-state index in [9.17, 15) is 4.79 Å². The minimum Gasteiger partial charge on any atom is -0.356 e. The van der Waals surface area contributed by atoms with Gasteiger partial charge in [-0.15, -0.1) is 0 Å². The van der Waals surface area contributed by atoms with Crippen LogP contribution in [0.5, 0.6) is 0 Å². The lowest BCUT2D eigenvalue weighted by atomic mass is 9.93. The van der Waals surface area contributed by atoms with E-state index in [2.05, 4.69) is 66.5 Å². The molecular formula is C23H32N2O. The Morgan fingerprint density at radius 2 is 1.85 bits per heavy atom. The molecule has 1 saturated heterocycles. The van der Waals surface area contributed by atoms with Crippen LogP contribution < -0.4 is 5.32 Å². The largest absolute Gasteiger partial charge is 0.356 e. The van der Waals surface area contributed by atoms with Gasteiger partial charge in [-0.05, 0) is 61.7 Å². The lowest BCUT2D eigenvalue weighted by molar-refractivity contribution is -0.126. The molecule has 1 N–H and O–H groups in total. The first-order valence-corrected chi connectivity index (χ1v) is 10.2. The summed E-state index contributed by atoms with van der Waals surface area (Å²) in [6.07, 6.45) is 5.43. The van der Waals surface area contributed by atoms with Crippen molar-refractivity contribution < 1.29 is 4.79 Å². The van der Waals surface area contributed by atoms with Crippen LogP contribution in [0, 0.1) is 5.92 Å². The number of rotatable bonds is 7. The Balaban J connectivity index is 1.52. The SMILES string of the molecule is CCCCCNC(=O)C1CCN(C(C)c2ccc3ccccc3c2)CC1. The van der Waals surface area contributed by atoms with Gasteiger partial charge in [0.2, 0.25) is 5.91 Å². The second-order valence-electron chi connectivity index (χ2n) is 7.59. The molecule has 1 heterocycles. The Kier molecular flexibility index (Phi) is 6.67. The van der Waals surface area contributed by atoms with Gasteiger partial charge in [-0.25, -0.2) is 0 Å². The number of nitrogens with zero attached hydrogens (tertiary/aromatic N) is 1. The zero-order chi connectivity index (χ0) is 18.4. The highest BCUT2D eigenvalue weighted by Gasteiger charge is 2.27. The quantitative estimate of drug-likeness (QED) is 0.717. The van der Waals surface area contributed by atoms with Gasteiger partial charge in [-0.2, -0.15) is 0 Å². The van der Waals surface area contributed by atoms with Crippen molar-refractivity contribution >= 4 is 16.7 Å². The smallest absolute Gasteiger partial charge is 0.223 e. The summed E-state index contributed by atoms with van der Waals surface area (Å²) >= 11 is 0. The lowest BCUT2D eigenvalue weighted by Gasteiger charge is -2.35. The number of carbonyl (C=O) groups excluding carboxylic acids is 1. The van der Waals surface area contributed by atoms with Crippen LogP contribution in [0.15, 0.2) is 42.5 Å². The van der Waals surface area contributed by atoms with Crippen LogP contribution in [0.1, 0.15) is 57.6 Å². The van der Waals surface area contributed by atoms with Gasteiger partial charge >= 0.3 is 0 Å². The molecule has 3 rings (SSSR count). The van der Waals surface area contributed by atoms with Crippen LogP contribution in [0.2, 0.25) is 0 Å². The maximum absolute atomic E-state index is 12.3. The predicted molar refractivity (Wildman–Crippen MR) is 109 cm³/mol. The van der Waals surface area contributed by atoms with E-state index in [0.717, 1.165) is 38.9 Å². The number of benzene rings is 2. The highest BCUT2D eigenvalue weighted by molar-refractivity contribution is 5.83. The molecule has 0 spiro atoms. The normalized spacial score (nSPS) is 17.3. The summed E-state index contributed by atoms with van der Waals surface area (Å²) in [6, 6.07) is 15.7. The van der Waals surface area contributed by atoms with Gasteiger partial charge in [-0.3, -0.25) is 9.69 Å². The summed E-state index contributed by atoms with van der Waals surface area (Å²) in [6.45, 7) is 7.31. The number of carbonyl (C=O) groups is 1. The van der Waals surface area contributed by atoms with Crippen LogP contribution in [0.3, 0.4) is 0 Å². The molecule has 0 aliphatic carbocycles. The first kappa shape index (κ1) is 18.9. The number of hydrogen-bond acceptors (Lipinski definition) is 2. The first-order chi connectivity index (χ1) is 12.7. The van der Waals surface area contributed by atoms with E-state index >= 15 is 0 Å².